The molecule has 0 spiro atoms. The van der Waals surface area contributed by atoms with Crippen LogP contribution >= 0.6 is 0 Å². The van der Waals surface area contributed by atoms with Gasteiger partial charge in [-0.05, 0) is 24.8 Å². The minimum atomic E-state index is -0.0820. The summed E-state index contributed by atoms with van der Waals surface area (Å²) in [4.78, 5) is 10.8. The van der Waals surface area contributed by atoms with Crippen LogP contribution in [-0.4, -0.2) is 25.7 Å². The molecule has 0 aromatic carbocycles. The summed E-state index contributed by atoms with van der Waals surface area (Å²) >= 11 is 0. The minimum Gasteiger partial charge on any atom is -0.381 e. The Morgan fingerprint density at radius 2 is 2.25 bits per heavy atom. The average molecular weight is 169 g/mol. The molecule has 0 atom stereocenters. The van der Waals surface area contributed by atoms with Crippen LogP contribution in [0, 0.1) is 5.92 Å². The van der Waals surface area contributed by atoms with Gasteiger partial charge in [-0.2, -0.15) is 0 Å². The van der Waals surface area contributed by atoms with Crippen LogP contribution in [0.2, 0.25) is 0 Å². The van der Waals surface area contributed by atoms with E-state index in [1.54, 1.807) is 0 Å². The van der Waals surface area contributed by atoms with Crippen molar-refractivity contribution < 1.29 is 9.53 Å². The van der Waals surface area contributed by atoms with Gasteiger partial charge in [0.05, 0.1) is 0 Å². The Morgan fingerprint density at radius 1 is 1.58 bits per heavy atom. The lowest BCUT2D eigenvalue weighted by Crippen LogP contribution is -2.30. The first kappa shape index (κ1) is 9.26. The summed E-state index contributed by atoms with van der Waals surface area (Å²) in [6, 6.07) is 0. The van der Waals surface area contributed by atoms with E-state index < -0.39 is 0 Å². The maximum Gasteiger partial charge on any atom is 0.243 e. The van der Waals surface area contributed by atoms with Crippen molar-refractivity contribution in [3.8, 4) is 0 Å². The van der Waals surface area contributed by atoms with Crippen molar-refractivity contribution in [1.29, 1.82) is 0 Å². The van der Waals surface area contributed by atoms with Gasteiger partial charge in [0.2, 0.25) is 5.91 Å². The minimum absolute atomic E-state index is 0.0820. The van der Waals surface area contributed by atoms with Crippen molar-refractivity contribution >= 4 is 5.91 Å². The van der Waals surface area contributed by atoms with E-state index in [-0.39, 0.29) is 5.91 Å². The molecule has 1 aliphatic rings. The highest BCUT2D eigenvalue weighted by molar-refractivity contribution is 5.86. The van der Waals surface area contributed by atoms with E-state index in [9.17, 15) is 4.79 Å². The second-order valence-corrected chi connectivity index (χ2v) is 3.01. The molecule has 0 aliphatic carbocycles. The second kappa shape index (κ2) is 4.93. The molecule has 68 valence electrons. The summed E-state index contributed by atoms with van der Waals surface area (Å²) in [6.07, 6.45) is 3.41. The Balaban J connectivity index is 2.12. The third kappa shape index (κ3) is 3.05. The van der Waals surface area contributed by atoms with Crippen molar-refractivity contribution in [2.75, 3.05) is 19.8 Å². The second-order valence-electron chi connectivity index (χ2n) is 3.01. The van der Waals surface area contributed by atoms with E-state index in [1.807, 2.05) is 0 Å². The first-order chi connectivity index (χ1) is 5.83. The summed E-state index contributed by atoms with van der Waals surface area (Å²) in [5.41, 5.74) is 0. The number of carbonyl (C=O) groups excluding carboxylic acids is 1. The van der Waals surface area contributed by atoms with E-state index in [2.05, 4.69) is 11.9 Å². The fourth-order valence-corrected chi connectivity index (χ4v) is 1.27. The van der Waals surface area contributed by atoms with Crippen LogP contribution in [0.5, 0.6) is 0 Å². The lowest BCUT2D eigenvalue weighted by Gasteiger charge is -2.21. The molecule has 0 radical (unpaired) electrons. The van der Waals surface area contributed by atoms with Crippen LogP contribution in [0.4, 0.5) is 0 Å². The molecule has 1 rings (SSSR count). The van der Waals surface area contributed by atoms with Crippen LogP contribution in [0.1, 0.15) is 12.8 Å². The van der Waals surface area contributed by atoms with Crippen LogP contribution in [0.15, 0.2) is 12.7 Å². The molecule has 1 aliphatic heterocycles. The fourth-order valence-electron chi connectivity index (χ4n) is 1.27. The normalized spacial score (nSPS) is 18.7. The zero-order valence-electron chi connectivity index (χ0n) is 7.21. The van der Waals surface area contributed by atoms with E-state index in [1.165, 1.54) is 6.08 Å². The number of amides is 1. The number of hydrogen-bond donors (Lipinski definition) is 1. The van der Waals surface area contributed by atoms with Gasteiger partial charge in [0.25, 0.3) is 0 Å². The lowest BCUT2D eigenvalue weighted by molar-refractivity contribution is -0.116. The summed E-state index contributed by atoms with van der Waals surface area (Å²) < 4.78 is 5.20. The molecular formula is C9H15NO2. The highest BCUT2D eigenvalue weighted by atomic mass is 16.5. The quantitative estimate of drug-likeness (QED) is 0.632. The highest BCUT2D eigenvalue weighted by Crippen LogP contribution is 2.12. The molecule has 3 heteroatoms. The Bertz CT molecular complexity index is 162. The van der Waals surface area contributed by atoms with Gasteiger partial charge < -0.3 is 10.1 Å². The molecule has 1 saturated heterocycles. The molecule has 3 nitrogen and oxygen atoms in total. The maximum absolute atomic E-state index is 10.8. The molecule has 1 amide bonds. The Morgan fingerprint density at radius 3 is 2.83 bits per heavy atom. The Kier molecular flexibility index (Phi) is 3.80. The standard InChI is InChI=1S/C9H15NO2/c1-2-9(11)10-7-8-3-5-12-6-4-8/h2,8H,1,3-7H2,(H,10,11). The monoisotopic (exact) mass is 169 g/mol. The molecule has 0 unspecified atom stereocenters. The van der Waals surface area contributed by atoms with E-state index >= 15 is 0 Å². The number of rotatable bonds is 3. The molecule has 0 aromatic heterocycles. The van der Waals surface area contributed by atoms with Gasteiger partial charge in [-0.25, -0.2) is 0 Å². The number of carbonyl (C=O) groups is 1. The summed E-state index contributed by atoms with van der Waals surface area (Å²) in [7, 11) is 0. The number of ether oxygens (including phenoxy) is 1. The van der Waals surface area contributed by atoms with Crippen LogP contribution < -0.4 is 5.32 Å². The Labute approximate surface area is 72.8 Å². The molecular weight excluding hydrogens is 154 g/mol. The SMILES string of the molecule is C=CC(=O)NCC1CCOCC1. The molecule has 0 bridgehead atoms. The Hall–Kier alpha value is -0.830. The van der Waals surface area contributed by atoms with Crippen LogP contribution in [0.3, 0.4) is 0 Å². The first-order valence-corrected chi connectivity index (χ1v) is 4.31. The van der Waals surface area contributed by atoms with E-state index in [0.717, 1.165) is 32.6 Å². The smallest absolute Gasteiger partial charge is 0.243 e. The van der Waals surface area contributed by atoms with Gasteiger partial charge in [-0.3, -0.25) is 4.79 Å². The van der Waals surface area contributed by atoms with Gasteiger partial charge in [-0.1, -0.05) is 6.58 Å². The highest BCUT2D eigenvalue weighted by Gasteiger charge is 2.13. The molecule has 1 N–H and O–H groups in total. The fraction of sp³-hybridized carbons (Fsp3) is 0.667. The lowest BCUT2D eigenvalue weighted by atomic mass is 10.0. The zero-order valence-corrected chi connectivity index (χ0v) is 7.21. The average Bonchev–Trinajstić information content (AvgIpc) is 2.16. The van der Waals surface area contributed by atoms with Crippen molar-refractivity contribution in [2.24, 2.45) is 5.92 Å². The zero-order chi connectivity index (χ0) is 8.81. The summed E-state index contributed by atoms with van der Waals surface area (Å²) in [6.45, 7) is 5.80. The first-order valence-electron chi connectivity index (χ1n) is 4.31. The number of nitrogens with one attached hydrogen (secondary N) is 1. The third-order valence-electron chi connectivity index (χ3n) is 2.09. The van der Waals surface area contributed by atoms with Gasteiger partial charge in [0.15, 0.2) is 0 Å². The van der Waals surface area contributed by atoms with Crippen LogP contribution in [0.25, 0.3) is 0 Å². The summed E-state index contributed by atoms with van der Waals surface area (Å²) in [5.74, 6) is 0.504. The van der Waals surface area contributed by atoms with Gasteiger partial charge >= 0.3 is 0 Å². The molecule has 1 fully saturated rings. The predicted octanol–water partition coefficient (Wildman–Crippen LogP) is 0.715. The molecule has 0 saturated carbocycles. The van der Waals surface area contributed by atoms with Gasteiger partial charge in [0, 0.05) is 19.8 Å². The molecule has 0 aromatic rings. The topological polar surface area (TPSA) is 38.3 Å². The van der Waals surface area contributed by atoms with Crippen LogP contribution in [-0.2, 0) is 9.53 Å². The van der Waals surface area contributed by atoms with E-state index in [4.69, 9.17) is 4.74 Å². The molecule has 12 heavy (non-hydrogen) atoms. The number of hydrogen-bond acceptors (Lipinski definition) is 2. The molecule has 1 heterocycles. The summed E-state index contributed by atoms with van der Waals surface area (Å²) in [5, 5.41) is 2.79. The van der Waals surface area contributed by atoms with Gasteiger partial charge in [-0.15, -0.1) is 0 Å². The largest absolute Gasteiger partial charge is 0.381 e. The van der Waals surface area contributed by atoms with Crippen molar-refractivity contribution in [3.63, 3.8) is 0 Å². The maximum atomic E-state index is 10.8. The third-order valence-corrected chi connectivity index (χ3v) is 2.09. The predicted molar refractivity (Wildman–Crippen MR) is 46.7 cm³/mol. The van der Waals surface area contributed by atoms with E-state index in [0.29, 0.717) is 5.92 Å². The van der Waals surface area contributed by atoms with Crippen molar-refractivity contribution in [2.45, 2.75) is 12.8 Å². The van der Waals surface area contributed by atoms with Crippen molar-refractivity contribution in [1.82, 2.24) is 5.32 Å². The van der Waals surface area contributed by atoms with Crippen molar-refractivity contribution in [3.05, 3.63) is 12.7 Å². The van der Waals surface area contributed by atoms with Gasteiger partial charge in [0.1, 0.15) is 0 Å².